The average molecular weight is 357 g/mol. The first kappa shape index (κ1) is 17.2. The van der Waals surface area contributed by atoms with Gasteiger partial charge in [-0.05, 0) is 18.6 Å². The number of nitrogens with zero attached hydrogens (tertiary/aromatic N) is 4. The molecule has 0 atom stereocenters. The molecule has 0 fully saturated rings. The molecule has 0 aliphatic heterocycles. The molecule has 130 valence electrons. The van der Waals surface area contributed by atoms with Crippen LogP contribution in [0.5, 0.6) is 0 Å². The van der Waals surface area contributed by atoms with Gasteiger partial charge in [0.05, 0.1) is 16.7 Å². The van der Waals surface area contributed by atoms with Crippen LogP contribution in [0.1, 0.15) is 13.3 Å². The Morgan fingerprint density at radius 3 is 2.92 bits per heavy atom. The van der Waals surface area contributed by atoms with Crippen molar-refractivity contribution < 1.29 is 4.79 Å². The highest BCUT2D eigenvalue weighted by Gasteiger charge is 2.16. The van der Waals surface area contributed by atoms with Crippen molar-refractivity contribution in [2.45, 2.75) is 25.0 Å². The third kappa shape index (κ3) is 3.30. The van der Waals surface area contributed by atoms with Crippen LogP contribution in [0.4, 0.5) is 0 Å². The smallest absolute Gasteiger partial charge is 0.262 e. The Kier molecular flexibility index (Phi) is 5.18. The highest BCUT2D eigenvalue weighted by molar-refractivity contribution is 7.99. The molecule has 0 saturated carbocycles. The number of hydrogen-bond donors (Lipinski definition) is 1. The monoisotopic (exact) mass is 357 g/mol. The van der Waals surface area contributed by atoms with Gasteiger partial charge in [-0.2, -0.15) is 0 Å². The van der Waals surface area contributed by atoms with Crippen LogP contribution < -0.4 is 10.9 Å². The maximum atomic E-state index is 12.7. The summed E-state index contributed by atoms with van der Waals surface area (Å²) in [4.78, 5) is 24.6. The van der Waals surface area contributed by atoms with Crippen LogP contribution in [0.3, 0.4) is 0 Å². The van der Waals surface area contributed by atoms with Crippen molar-refractivity contribution in [3.05, 3.63) is 47.3 Å². The van der Waals surface area contributed by atoms with Gasteiger partial charge in [0.25, 0.3) is 5.56 Å². The molecular weight excluding hydrogens is 338 g/mol. The van der Waals surface area contributed by atoms with Gasteiger partial charge >= 0.3 is 0 Å². The topological polar surface area (TPSA) is 81.3 Å². The van der Waals surface area contributed by atoms with Gasteiger partial charge in [-0.3, -0.25) is 18.6 Å². The Balaban J connectivity index is 2.08. The summed E-state index contributed by atoms with van der Waals surface area (Å²) in [6.45, 7) is 6.58. The molecule has 0 radical (unpaired) electrons. The molecule has 0 unspecified atom stereocenters. The fourth-order valence-electron chi connectivity index (χ4n) is 2.62. The van der Waals surface area contributed by atoms with E-state index in [1.807, 2.05) is 29.5 Å². The van der Waals surface area contributed by atoms with E-state index in [2.05, 4.69) is 22.1 Å². The molecule has 2 heterocycles. The van der Waals surface area contributed by atoms with E-state index >= 15 is 0 Å². The summed E-state index contributed by atoms with van der Waals surface area (Å²) in [5, 5.41) is 12.3. The molecule has 2 aromatic heterocycles. The molecule has 0 bridgehead atoms. The van der Waals surface area contributed by atoms with E-state index in [-0.39, 0.29) is 17.2 Å². The fourth-order valence-corrected chi connectivity index (χ4v) is 3.39. The molecule has 0 aliphatic rings. The molecule has 7 nitrogen and oxygen atoms in total. The van der Waals surface area contributed by atoms with Gasteiger partial charge < -0.3 is 5.32 Å². The van der Waals surface area contributed by atoms with Gasteiger partial charge in [0.2, 0.25) is 11.7 Å². The molecule has 1 aromatic carbocycles. The lowest BCUT2D eigenvalue weighted by molar-refractivity contribution is -0.118. The summed E-state index contributed by atoms with van der Waals surface area (Å²) in [6.07, 6.45) is 2.44. The normalized spacial score (nSPS) is 11.1. The number of para-hydroxylation sites is 1. The van der Waals surface area contributed by atoms with E-state index in [1.54, 1.807) is 16.7 Å². The molecule has 3 aromatic rings. The highest BCUT2D eigenvalue weighted by atomic mass is 32.2. The largest absolute Gasteiger partial charge is 0.352 e. The minimum Gasteiger partial charge on any atom is -0.352 e. The Labute approximate surface area is 148 Å². The van der Waals surface area contributed by atoms with Crippen LogP contribution in [-0.2, 0) is 11.3 Å². The first-order valence-corrected chi connectivity index (χ1v) is 9.03. The number of carbonyl (C=O) groups is 1. The molecular formula is C17H19N5O2S. The van der Waals surface area contributed by atoms with Crippen molar-refractivity contribution in [3.63, 3.8) is 0 Å². The summed E-state index contributed by atoms with van der Waals surface area (Å²) in [5.74, 6) is 0.614. The second-order valence-corrected chi connectivity index (χ2v) is 6.42. The Morgan fingerprint density at radius 1 is 1.36 bits per heavy atom. The lowest BCUT2D eigenvalue weighted by Gasteiger charge is -2.10. The Morgan fingerprint density at radius 2 is 2.16 bits per heavy atom. The number of carbonyl (C=O) groups excluding carboxylic acids is 1. The van der Waals surface area contributed by atoms with Crippen molar-refractivity contribution >= 4 is 34.3 Å². The van der Waals surface area contributed by atoms with Gasteiger partial charge in [0.1, 0.15) is 0 Å². The maximum absolute atomic E-state index is 12.7. The zero-order chi connectivity index (χ0) is 17.8. The predicted molar refractivity (Wildman–Crippen MR) is 99.0 cm³/mol. The molecule has 0 saturated heterocycles. The average Bonchev–Trinajstić information content (AvgIpc) is 3.05. The zero-order valence-corrected chi connectivity index (χ0v) is 14.8. The third-order valence-corrected chi connectivity index (χ3v) is 4.63. The molecule has 1 N–H and O–H groups in total. The lowest BCUT2D eigenvalue weighted by atomic mass is 10.2. The molecule has 0 aliphatic carbocycles. The molecule has 1 amide bonds. The molecule has 25 heavy (non-hydrogen) atoms. The first-order valence-electron chi connectivity index (χ1n) is 8.04. The number of thioether (sulfide) groups is 1. The number of aryl methyl sites for hydroxylation is 1. The van der Waals surface area contributed by atoms with Crippen LogP contribution in [0.15, 0.2) is 46.9 Å². The van der Waals surface area contributed by atoms with Crippen LogP contribution in [0, 0.1) is 0 Å². The van der Waals surface area contributed by atoms with Crippen molar-refractivity contribution in [2.75, 3.05) is 12.3 Å². The van der Waals surface area contributed by atoms with Crippen molar-refractivity contribution in [1.82, 2.24) is 24.5 Å². The van der Waals surface area contributed by atoms with E-state index in [0.29, 0.717) is 29.4 Å². The van der Waals surface area contributed by atoms with Gasteiger partial charge in [-0.1, -0.05) is 36.9 Å². The van der Waals surface area contributed by atoms with E-state index in [9.17, 15) is 9.59 Å². The Hall–Kier alpha value is -2.61. The minimum atomic E-state index is -0.104. The predicted octanol–water partition coefficient (Wildman–Crippen LogP) is 1.85. The van der Waals surface area contributed by atoms with Crippen LogP contribution in [-0.4, -0.2) is 37.4 Å². The van der Waals surface area contributed by atoms with Crippen LogP contribution in [0.25, 0.3) is 16.7 Å². The Bertz CT molecular complexity index is 992. The van der Waals surface area contributed by atoms with Crippen molar-refractivity contribution in [3.8, 4) is 0 Å². The van der Waals surface area contributed by atoms with E-state index in [1.165, 1.54) is 11.8 Å². The summed E-state index contributed by atoms with van der Waals surface area (Å²) >= 11 is 1.29. The number of hydrogen-bond acceptors (Lipinski definition) is 5. The van der Waals surface area contributed by atoms with Gasteiger partial charge in [0, 0.05) is 13.1 Å². The highest BCUT2D eigenvalue weighted by Crippen LogP contribution is 2.21. The van der Waals surface area contributed by atoms with Crippen LogP contribution in [0.2, 0.25) is 0 Å². The number of rotatable bonds is 7. The number of amides is 1. The van der Waals surface area contributed by atoms with Crippen LogP contribution >= 0.6 is 11.8 Å². The van der Waals surface area contributed by atoms with Gasteiger partial charge in [0.15, 0.2) is 5.16 Å². The summed E-state index contributed by atoms with van der Waals surface area (Å²) in [6, 6.07) is 7.38. The van der Waals surface area contributed by atoms with Gasteiger partial charge in [-0.15, -0.1) is 16.8 Å². The van der Waals surface area contributed by atoms with E-state index in [0.717, 1.165) is 11.9 Å². The van der Waals surface area contributed by atoms with Crippen molar-refractivity contribution in [1.29, 1.82) is 0 Å². The van der Waals surface area contributed by atoms with Gasteiger partial charge in [-0.25, -0.2) is 0 Å². The number of fused-ring (bicyclic) bond motifs is 3. The second kappa shape index (κ2) is 7.52. The minimum absolute atomic E-state index is 0.0716. The lowest BCUT2D eigenvalue weighted by Crippen LogP contribution is -2.25. The summed E-state index contributed by atoms with van der Waals surface area (Å²) < 4.78 is 3.48. The number of nitrogens with one attached hydrogen (secondary N) is 1. The second-order valence-electron chi connectivity index (χ2n) is 5.47. The zero-order valence-electron chi connectivity index (χ0n) is 13.9. The van der Waals surface area contributed by atoms with E-state index < -0.39 is 0 Å². The van der Waals surface area contributed by atoms with Crippen molar-refractivity contribution in [2.24, 2.45) is 0 Å². The SMILES string of the molecule is C=CCNC(=O)CSc1nnc2n(CCC)c(=O)c3ccccc3n12. The molecule has 0 spiro atoms. The van der Waals surface area contributed by atoms with E-state index in [4.69, 9.17) is 0 Å². The maximum Gasteiger partial charge on any atom is 0.262 e. The fraction of sp³-hybridized carbons (Fsp3) is 0.294. The third-order valence-electron chi connectivity index (χ3n) is 3.70. The summed E-state index contributed by atoms with van der Waals surface area (Å²) in [5.41, 5.74) is 0.673. The molecule has 3 rings (SSSR count). The standard InChI is InChI=1S/C17H19N5O2S/c1-3-9-18-14(23)11-25-17-20-19-16-21(10-4-2)15(24)12-7-5-6-8-13(12)22(16)17/h3,5-8H,1,4,9-11H2,2H3,(H,18,23). The quantitative estimate of drug-likeness (QED) is 0.515. The number of aromatic nitrogens is 4. The molecule has 8 heteroatoms. The summed E-state index contributed by atoms with van der Waals surface area (Å²) in [7, 11) is 0. The number of benzene rings is 1. The first-order chi connectivity index (χ1) is 12.2.